The molecule has 0 spiro atoms. The number of hydrogen-bond donors (Lipinski definition) is 1. The van der Waals surface area contributed by atoms with Gasteiger partial charge in [-0.25, -0.2) is 0 Å². The molecule has 1 aromatic heterocycles. The molecule has 0 bridgehead atoms. The lowest BCUT2D eigenvalue weighted by Gasteiger charge is -2.41. The van der Waals surface area contributed by atoms with Gasteiger partial charge in [0.1, 0.15) is 0 Å². The zero-order valence-electron chi connectivity index (χ0n) is 14.3. The normalized spacial score (nSPS) is 24.1. The van der Waals surface area contributed by atoms with E-state index in [2.05, 4.69) is 49.1 Å². The number of hydrogen-bond acceptors (Lipinski definition) is 3. The Kier molecular flexibility index (Phi) is 5.82. The van der Waals surface area contributed by atoms with Crippen LogP contribution in [-0.2, 0) is 13.6 Å². The zero-order valence-corrected chi connectivity index (χ0v) is 14.3. The van der Waals surface area contributed by atoms with Crippen molar-refractivity contribution in [3.05, 3.63) is 18.0 Å². The van der Waals surface area contributed by atoms with Gasteiger partial charge in [-0.1, -0.05) is 27.7 Å². The van der Waals surface area contributed by atoms with E-state index < -0.39 is 0 Å². The maximum Gasteiger partial charge on any atom is 0.0764 e. The van der Waals surface area contributed by atoms with Gasteiger partial charge in [0.15, 0.2) is 0 Å². The standard InChI is InChI=1S/C17H32N4/c1-13(2)8-16-12-21(11-15-6-7-20(5)19-15)17(10-18-16)9-14(3)4/h6-7,13-14,16-18H,8-12H2,1-5H3. The quantitative estimate of drug-likeness (QED) is 0.875. The van der Waals surface area contributed by atoms with Gasteiger partial charge in [-0.05, 0) is 30.7 Å². The summed E-state index contributed by atoms with van der Waals surface area (Å²) in [5.41, 5.74) is 1.19. The fourth-order valence-corrected chi connectivity index (χ4v) is 3.38. The van der Waals surface area contributed by atoms with Crippen molar-refractivity contribution in [3.63, 3.8) is 0 Å². The molecule has 0 radical (unpaired) electrons. The molecule has 1 N–H and O–H groups in total. The highest BCUT2D eigenvalue weighted by Gasteiger charge is 2.28. The van der Waals surface area contributed by atoms with Crippen molar-refractivity contribution in [2.75, 3.05) is 13.1 Å². The molecular formula is C17H32N4. The number of aromatic nitrogens is 2. The monoisotopic (exact) mass is 292 g/mol. The van der Waals surface area contributed by atoms with E-state index in [9.17, 15) is 0 Å². The Bertz CT molecular complexity index is 424. The van der Waals surface area contributed by atoms with Crippen LogP contribution < -0.4 is 5.32 Å². The molecular weight excluding hydrogens is 260 g/mol. The fourth-order valence-electron chi connectivity index (χ4n) is 3.38. The highest BCUT2D eigenvalue weighted by Crippen LogP contribution is 2.20. The lowest BCUT2D eigenvalue weighted by atomic mass is 9.95. The Morgan fingerprint density at radius 2 is 1.95 bits per heavy atom. The molecule has 2 rings (SSSR count). The second-order valence-corrected chi connectivity index (χ2v) is 7.43. The minimum absolute atomic E-state index is 0.622. The molecule has 120 valence electrons. The fraction of sp³-hybridized carbons (Fsp3) is 0.824. The summed E-state index contributed by atoms with van der Waals surface area (Å²) in [7, 11) is 1.99. The Balaban J connectivity index is 2.01. The molecule has 4 nitrogen and oxygen atoms in total. The van der Waals surface area contributed by atoms with Crippen molar-refractivity contribution in [2.24, 2.45) is 18.9 Å². The average Bonchev–Trinajstić information content (AvgIpc) is 2.77. The summed E-state index contributed by atoms with van der Waals surface area (Å²) in [5.74, 6) is 1.49. The maximum atomic E-state index is 4.56. The van der Waals surface area contributed by atoms with E-state index in [0.717, 1.165) is 31.5 Å². The molecule has 1 aliphatic rings. The molecule has 1 fully saturated rings. The van der Waals surface area contributed by atoms with Gasteiger partial charge in [-0.3, -0.25) is 9.58 Å². The first kappa shape index (κ1) is 16.5. The highest BCUT2D eigenvalue weighted by molar-refractivity contribution is 5.00. The maximum absolute atomic E-state index is 4.56. The molecule has 1 aromatic rings. The zero-order chi connectivity index (χ0) is 15.4. The summed E-state index contributed by atoms with van der Waals surface area (Å²) >= 11 is 0. The van der Waals surface area contributed by atoms with Crippen molar-refractivity contribution in [2.45, 2.75) is 59.2 Å². The Hall–Kier alpha value is -0.870. The van der Waals surface area contributed by atoms with Crippen LogP contribution in [0.1, 0.15) is 46.2 Å². The van der Waals surface area contributed by atoms with Crippen LogP contribution in [0.5, 0.6) is 0 Å². The van der Waals surface area contributed by atoms with Gasteiger partial charge in [-0.2, -0.15) is 5.10 Å². The topological polar surface area (TPSA) is 33.1 Å². The minimum Gasteiger partial charge on any atom is -0.311 e. The van der Waals surface area contributed by atoms with Crippen LogP contribution in [0.3, 0.4) is 0 Å². The minimum atomic E-state index is 0.622. The van der Waals surface area contributed by atoms with Crippen LogP contribution in [-0.4, -0.2) is 39.9 Å². The molecule has 0 aromatic carbocycles. The Labute approximate surface area is 129 Å². The van der Waals surface area contributed by atoms with Gasteiger partial charge in [0.25, 0.3) is 0 Å². The van der Waals surface area contributed by atoms with E-state index in [1.165, 1.54) is 18.5 Å². The van der Waals surface area contributed by atoms with E-state index in [-0.39, 0.29) is 0 Å². The molecule has 21 heavy (non-hydrogen) atoms. The van der Waals surface area contributed by atoms with E-state index in [1.54, 1.807) is 0 Å². The van der Waals surface area contributed by atoms with Gasteiger partial charge < -0.3 is 5.32 Å². The van der Waals surface area contributed by atoms with E-state index in [4.69, 9.17) is 0 Å². The number of aryl methyl sites for hydroxylation is 1. The lowest BCUT2D eigenvalue weighted by Crippen LogP contribution is -2.56. The van der Waals surface area contributed by atoms with E-state index >= 15 is 0 Å². The predicted octanol–water partition coefficient (Wildman–Crippen LogP) is 2.65. The van der Waals surface area contributed by atoms with Gasteiger partial charge in [0.2, 0.25) is 0 Å². The molecule has 1 saturated heterocycles. The van der Waals surface area contributed by atoms with Gasteiger partial charge in [0.05, 0.1) is 5.69 Å². The van der Waals surface area contributed by atoms with Crippen molar-refractivity contribution < 1.29 is 0 Å². The second-order valence-electron chi connectivity index (χ2n) is 7.43. The summed E-state index contributed by atoms with van der Waals surface area (Å²) < 4.78 is 1.90. The van der Waals surface area contributed by atoms with Gasteiger partial charge in [-0.15, -0.1) is 0 Å². The second kappa shape index (κ2) is 7.41. The van der Waals surface area contributed by atoms with Crippen molar-refractivity contribution in [3.8, 4) is 0 Å². The third-order valence-electron chi connectivity index (χ3n) is 4.25. The molecule has 2 heterocycles. The summed E-state index contributed by atoms with van der Waals surface area (Å²) in [4.78, 5) is 2.64. The summed E-state index contributed by atoms with van der Waals surface area (Å²) in [6.45, 7) is 12.5. The van der Waals surface area contributed by atoms with Crippen LogP contribution >= 0.6 is 0 Å². The number of nitrogens with zero attached hydrogens (tertiary/aromatic N) is 3. The van der Waals surface area contributed by atoms with E-state index in [1.807, 2.05) is 17.9 Å². The summed E-state index contributed by atoms with van der Waals surface area (Å²) in [6.07, 6.45) is 4.56. The summed E-state index contributed by atoms with van der Waals surface area (Å²) in [5, 5.41) is 8.32. The SMILES string of the molecule is CC(C)CC1CN(Cc2ccn(C)n2)C(CC(C)C)CN1. The molecule has 2 unspecified atom stereocenters. The van der Waals surface area contributed by atoms with E-state index in [0.29, 0.717) is 12.1 Å². The Morgan fingerprint density at radius 1 is 1.24 bits per heavy atom. The first-order valence-electron chi connectivity index (χ1n) is 8.40. The molecule has 0 saturated carbocycles. The third-order valence-corrected chi connectivity index (χ3v) is 4.25. The first-order chi connectivity index (χ1) is 9.94. The van der Waals surface area contributed by atoms with Crippen LogP contribution in [0, 0.1) is 11.8 Å². The molecule has 2 atom stereocenters. The molecule has 4 heteroatoms. The lowest BCUT2D eigenvalue weighted by molar-refractivity contribution is 0.0983. The van der Waals surface area contributed by atoms with Crippen LogP contribution in [0.2, 0.25) is 0 Å². The van der Waals surface area contributed by atoms with Gasteiger partial charge >= 0.3 is 0 Å². The molecule has 0 aliphatic carbocycles. The number of nitrogens with one attached hydrogen (secondary N) is 1. The van der Waals surface area contributed by atoms with Crippen molar-refractivity contribution >= 4 is 0 Å². The smallest absolute Gasteiger partial charge is 0.0764 e. The first-order valence-corrected chi connectivity index (χ1v) is 8.40. The molecule has 0 amide bonds. The average molecular weight is 292 g/mol. The van der Waals surface area contributed by atoms with Crippen LogP contribution in [0.4, 0.5) is 0 Å². The van der Waals surface area contributed by atoms with Gasteiger partial charge in [0, 0.05) is 45.0 Å². The van der Waals surface area contributed by atoms with Crippen molar-refractivity contribution in [1.82, 2.24) is 20.0 Å². The third kappa shape index (κ3) is 5.11. The molecule has 1 aliphatic heterocycles. The highest BCUT2D eigenvalue weighted by atomic mass is 15.3. The Morgan fingerprint density at radius 3 is 2.52 bits per heavy atom. The van der Waals surface area contributed by atoms with Crippen molar-refractivity contribution in [1.29, 1.82) is 0 Å². The number of rotatable bonds is 6. The largest absolute Gasteiger partial charge is 0.311 e. The predicted molar refractivity (Wildman–Crippen MR) is 88.1 cm³/mol. The number of piperazine rings is 1. The van der Waals surface area contributed by atoms with Crippen LogP contribution in [0.25, 0.3) is 0 Å². The van der Waals surface area contributed by atoms with Crippen LogP contribution in [0.15, 0.2) is 12.3 Å². The summed E-state index contributed by atoms with van der Waals surface area (Å²) in [6, 6.07) is 3.40.